The van der Waals surface area contributed by atoms with E-state index in [1.165, 1.54) is 5.56 Å². The second-order valence-corrected chi connectivity index (χ2v) is 5.95. The average Bonchev–Trinajstić information content (AvgIpc) is 3.22. The van der Waals surface area contributed by atoms with Crippen molar-refractivity contribution in [2.24, 2.45) is 7.05 Å². The molecule has 0 bridgehead atoms. The molecule has 0 radical (unpaired) electrons. The number of fused-ring (bicyclic) bond motifs is 1. The molecule has 0 aromatic carbocycles. The Morgan fingerprint density at radius 1 is 1.17 bits per heavy atom. The van der Waals surface area contributed by atoms with Crippen molar-refractivity contribution in [3.05, 3.63) is 48.2 Å². The van der Waals surface area contributed by atoms with E-state index >= 15 is 0 Å². The van der Waals surface area contributed by atoms with Crippen LogP contribution >= 0.6 is 0 Å². The van der Waals surface area contributed by atoms with Crippen LogP contribution in [0.5, 0.6) is 0 Å². The van der Waals surface area contributed by atoms with Gasteiger partial charge in [0, 0.05) is 38.6 Å². The molecule has 0 atom stereocenters. The van der Waals surface area contributed by atoms with Crippen molar-refractivity contribution in [2.45, 2.75) is 18.8 Å². The maximum atomic E-state index is 12.8. The van der Waals surface area contributed by atoms with Gasteiger partial charge in [0.05, 0.1) is 12.4 Å². The van der Waals surface area contributed by atoms with Crippen LogP contribution in [0.15, 0.2) is 36.9 Å². The zero-order valence-electron chi connectivity index (χ0n) is 13.0. The van der Waals surface area contributed by atoms with Gasteiger partial charge in [-0.25, -0.2) is 9.50 Å². The van der Waals surface area contributed by atoms with Crippen LogP contribution < -0.4 is 0 Å². The Morgan fingerprint density at radius 3 is 2.74 bits per heavy atom. The Bertz CT molecular complexity index is 843. The van der Waals surface area contributed by atoms with E-state index in [1.54, 1.807) is 29.0 Å². The van der Waals surface area contributed by atoms with Gasteiger partial charge in [0.25, 0.3) is 5.91 Å². The lowest BCUT2D eigenvalue weighted by Crippen LogP contribution is -2.38. The number of hydrogen-bond donors (Lipinski definition) is 0. The molecule has 0 saturated carbocycles. The maximum absolute atomic E-state index is 12.8. The lowest BCUT2D eigenvalue weighted by Gasteiger charge is -2.31. The molecule has 1 amide bonds. The molecule has 0 unspecified atom stereocenters. The number of nitrogens with zero attached hydrogens (tertiary/aromatic N) is 6. The van der Waals surface area contributed by atoms with Crippen LogP contribution in [-0.4, -0.2) is 48.3 Å². The Kier molecular flexibility index (Phi) is 3.33. The van der Waals surface area contributed by atoms with Crippen LogP contribution in [0.2, 0.25) is 0 Å². The summed E-state index contributed by atoms with van der Waals surface area (Å²) in [6.07, 6.45) is 9.24. The Morgan fingerprint density at radius 2 is 2.00 bits per heavy atom. The SMILES string of the molecule is Cn1cc(C2CCN(C(=O)c3ccnc4ccnn34)CC2)cn1. The predicted molar refractivity (Wildman–Crippen MR) is 84.1 cm³/mol. The number of likely N-dealkylation sites (tertiary alicyclic amines) is 1. The molecule has 0 spiro atoms. The Balaban J connectivity index is 1.50. The highest BCUT2D eigenvalue weighted by molar-refractivity contribution is 5.93. The van der Waals surface area contributed by atoms with Crippen molar-refractivity contribution in [1.82, 2.24) is 29.3 Å². The van der Waals surface area contributed by atoms with Crippen LogP contribution in [0.3, 0.4) is 0 Å². The quantitative estimate of drug-likeness (QED) is 0.719. The standard InChI is InChI=1S/C16H18N6O/c1-20-11-13(10-19-20)12-4-8-21(9-5-12)16(23)14-2-6-17-15-3-7-18-22(14)15/h2-3,6-7,10-12H,4-5,8-9H2,1H3. The maximum Gasteiger partial charge on any atom is 0.272 e. The molecule has 0 aliphatic carbocycles. The second-order valence-electron chi connectivity index (χ2n) is 5.95. The van der Waals surface area contributed by atoms with Crippen LogP contribution in [-0.2, 0) is 7.05 Å². The summed E-state index contributed by atoms with van der Waals surface area (Å²) in [5.74, 6) is 0.501. The molecule has 4 rings (SSSR count). The van der Waals surface area contributed by atoms with E-state index in [4.69, 9.17) is 0 Å². The molecule has 1 fully saturated rings. The van der Waals surface area contributed by atoms with E-state index in [0.29, 0.717) is 17.3 Å². The summed E-state index contributed by atoms with van der Waals surface area (Å²) in [5.41, 5.74) is 2.53. The molecule has 7 nitrogen and oxygen atoms in total. The van der Waals surface area contributed by atoms with E-state index in [2.05, 4.69) is 21.4 Å². The molecule has 3 aromatic rings. The number of rotatable bonds is 2. The monoisotopic (exact) mass is 310 g/mol. The van der Waals surface area contributed by atoms with Crippen molar-refractivity contribution < 1.29 is 4.79 Å². The molecule has 4 heterocycles. The largest absolute Gasteiger partial charge is 0.337 e. The van der Waals surface area contributed by atoms with Crippen molar-refractivity contribution >= 4 is 11.6 Å². The summed E-state index contributed by atoms with van der Waals surface area (Å²) in [7, 11) is 1.93. The normalized spacial score (nSPS) is 16.1. The molecule has 7 heteroatoms. The number of aromatic nitrogens is 5. The van der Waals surface area contributed by atoms with E-state index in [9.17, 15) is 4.79 Å². The molecule has 1 aliphatic rings. The summed E-state index contributed by atoms with van der Waals surface area (Å²) in [6.45, 7) is 1.51. The predicted octanol–water partition coefficient (Wildman–Crippen LogP) is 1.48. The van der Waals surface area contributed by atoms with Gasteiger partial charge in [0.2, 0.25) is 0 Å². The van der Waals surface area contributed by atoms with E-state index in [0.717, 1.165) is 25.9 Å². The smallest absolute Gasteiger partial charge is 0.272 e. The average molecular weight is 310 g/mol. The Hall–Kier alpha value is -2.70. The van der Waals surface area contributed by atoms with Gasteiger partial charge in [0.15, 0.2) is 5.65 Å². The topological polar surface area (TPSA) is 68.3 Å². The summed E-state index contributed by atoms with van der Waals surface area (Å²) in [4.78, 5) is 18.9. The van der Waals surface area contributed by atoms with Crippen LogP contribution in [0, 0.1) is 0 Å². The van der Waals surface area contributed by atoms with Crippen molar-refractivity contribution in [1.29, 1.82) is 0 Å². The minimum absolute atomic E-state index is 0.0192. The van der Waals surface area contributed by atoms with E-state index < -0.39 is 0 Å². The van der Waals surface area contributed by atoms with Crippen molar-refractivity contribution in [3.63, 3.8) is 0 Å². The molecule has 1 saturated heterocycles. The van der Waals surface area contributed by atoms with Crippen LogP contribution in [0.4, 0.5) is 0 Å². The van der Waals surface area contributed by atoms with Crippen molar-refractivity contribution in [2.75, 3.05) is 13.1 Å². The molecule has 1 aliphatic heterocycles. The Labute approximate surface area is 133 Å². The number of amides is 1. The third kappa shape index (κ3) is 2.48. The number of carbonyl (C=O) groups is 1. The zero-order valence-corrected chi connectivity index (χ0v) is 13.0. The van der Waals surface area contributed by atoms with E-state index in [-0.39, 0.29) is 5.91 Å². The van der Waals surface area contributed by atoms with Gasteiger partial charge in [0.1, 0.15) is 5.69 Å². The highest BCUT2D eigenvalue weighted by Gasteiger charge is 2.26. The summed E-state index contributed by atoms with van der Waals surface area (Å²) in [5, 5.41) is 8.43. The first kappa shape index (κ1) is 13.9. The molecular formula is C16H18N6O. The second kappa shape index (κ2) is 5.49. The van der Waals surface area contributed by atoms with Crippen LogP contribution in [0.25, 0.3) is 5.65 Å². The molecule has 118 valence electrons. The minimum atomic E-state index is 0.0192. The molecule has 0 N–H and O–H groups in total. The summed E-state index contributed by atoms with van der Waals surface area (Å²) < 4.78 is 3.44. The van der Waals surface area contributed by atoms with Gasteiger partial charge in [-0.05, 0) is 30.4 Å². The highest BCUT2D eigenvalue weighted by Crippen LogP contribution is 2.28. The lowest BCUT2D eigenvalue weighted by molar-refractivity contribution is 0.0704. The van der Waals surface area contributed by atoms with E-state index in [1.807, 2.05) is 22.8 Å². The third-order valence-corrected chi connectivity index (χ3v) is 4.49. The first-order chi connectivity index (χ1) is 11.2. The van der Waals surface area contributed by atoms with Gasteiger partial charge in [-0.3, -0.25) is 9.48 Å². The molecular weight excluding hydrogens is 292 g/mol. The van der Waals surface area contributed by atoms with Gasteiger partial charge in [-0.15, -0.1) is 0 Å². The fraction of sp³-hybridized carbons (Fsp3) is 0.375. The first-order valence-electron chi connectivity index (χ1n) is 7.79. The highest BCUT2D eigenvalue weighted by atomic mass is 16.2. The third-order valence-electron chi connectivity index (χ3n) is 4.49. The molecule has 23 heavy (non-hydrogen) atoms. The van der Waals surface area contributed by atoms with Gasteiger partial charge in [-0.1, -0.05) is 0 Å². The lowest BCUT2D eigenvalue weighted by atomic mass is 9.91. The number of carbonyl (C=O) groups excluding carboxylic acids is 1. The minimum Gasteiger partial charge on any atom is -0.337 e. The zero-order chi connectivity index (χ0) is 15.8. The summed E-state index contributed by atoms with van der Waals surface area (Å²) >= 11 is 0. The molecule has 3 aromatic heterocycles. The van der Waals surface area contributed by atoms with Crippen molar-refractivity contribution in [3.8, 4) is 0 Å². The fourth-order valence-electron chi connectivity index (χ4n) is 3.23. The number of piperidine rings is 1. The number of aryl methyl sites for hydroxylation is 1. The van der Waals surface area contributed by atoms with Gasteiger partial charge < -0.3 is 4.90 Å². The van der Waals surface area contributed by atoms with Gasteiger partial charge in [-0.2, -0.15) is 10.2 Å². The fourth-order valence-corrected chi connectivity index (χ4v) is 3.23. The van der Waals surface area contributed by atoms with Gasteiger partial charge >= 0.3 is 0 Å². The summed E-state index contributed by atoms with van der Waals surface area (Å²) in [6, 6.07) is 3.53. The first-order valence-corrected chi connectivity index (χ1v) is 7.79. The van der Waals surface area contributed by atoms with Crippen LogP contribution in [0.1, 0.15) is 34.8 Å². The number of hydrogen-bond acceptors (Lipinski definition) is 4.